The molecule has 4 nitrogen and oxygen atoms in total. The molecule has 0 bridgehead atoms. The van der Waals surface area contributed by atoms with Crippen LogP contribution in [-0.2, 0) is 9.59 Å². The van der Waals surface area contributed by atoms with Crippen LogP contribution in [0.3, 0.4) is 0 Å². The molecule has 0 saturated carbocycles. The average Bonchev–Trinajstić information content (AvgIpc) is 2.78. The molecule has 1 heterocycles. The van der Waals surface area contributed by atoms with Crippen LogP contribution in [0.25, 0.3) is 0 Å². The molecule has 0 radical (unpaired) electrons. The lowest BCUT2D eigenvalue weighted by Gasteiger charge is -2.23. The van der Waals surface area contributed by atoms with Gasteiger partial charge in [-0.25, -0.2) is 4.79 Å². The monoisotopic (exact) mass is 251 g/mol. The minimum Gasteiger partial charge on any atom is -0.277 e. The van der Waals surface area contributed by atoms with E-state index in [0.717, 1.165) is 6.21 Å². The molecule has 4 heteroatoms. The van der Waals surface area contributed by atoms with Crippen molar-refractivity contribution in [3.05, 3.63) is 60.7 Å². The van der Waals surface area contributed by atoms with Crippen LogP contribution in [-0.4, -0.2) is 17.9 Å². The molecular formula is C15H11N2O2+. The number of hydrogen-bond acceptors (Lipinski definition) is 3. The number of quaternary nitrogens is 1. The van der Waals surface area contributed by atoms with Crippen molar-refractivity contribution < 1.29 is 9.59 Å². The number of hydrogen-bond donors (Lipinski definition) is 0. The number of amides is 1. The van der Waals surface area contributed by atoms with Gasteiger partial charge in [0.2, 0.25) is 0 Å². The van der Waals surface area contributed by atoms with Crippen molar-refractivity contribution in [3.63, 3.8) is 0 Å². The smallest absolute Gasteiger partial charge is 0.277 e. The fourth-order valence-corrected chi connectivity index (χ4v) is 2.21. The summed E-state index contributed by atoms with van der Waals surface area (Å²) in [6, 6.07) is 18.2. The lowest BCUT2D eigenvalue weighted by molar-refractivity contribution is -0.137. The summed E-state index contributed by atoms with van der Waals surface area (Å²) in [5.41, 5.74) is 1.31. The van der Waals surface area contributed by atoms with Gasteiger partial charge in [-0.05, 0) is 0 Å². The quantitative estimate of drug-likeness (QED) is 0.608. The summed E-state index contributed by atoms with van der Waals surface area (Å²) in [4.78, 5) is 23.9. The van der Waals surface area contributed by atoms with Crippen LogP contribution in [0.1, 0.15) is 0 Å². The van der Waals surface area contributed by atoms with Gasteiger partial charge < -0.3 is 0 Å². The van der Waals surface area contributed by atoms with Crippen LogP contribution >= 0.6 is 0 Å². The molecule has 0 aliphatic carbocycles. The first kappa shape index (κ1) is 11.5. The Kier molecular flexibility index (Phi) is 2.58. The normalized spacial score (nSPS) is 16.8. The molecule has 0 aromatic heterocycles. The summed E-state index contributed by atoms with van der Waals surface area (Å²) in [6.45, 7) is 0. The fourth-order valence-electron chi connectivity index (χ4n) is 2.21. The van der Waals surface area contributed by atoms with Crippen LogP contribution in [0, 0.1) is 0 Å². The first-order chi connectivity index (χ1) is 9.25. The van der Waals surface area contributed by atoms with Crippen LogP contribution in [0.2, 0.25) is 0 Å². The number of benzene rings is 2. The van der Waals surface area contributed by atoms with Crippen molar-refractivity contribution >= 4 is 29.3 Å². The van der Waals surface area contributed by atoms with E-state index in [1.807, 2.05) is 36.4 Å². The molecule has 1 amide bonds. The molecule has 1 aliphatic rings. The lowest BCUT2D eigenvalue weighted by Crippen LogP contribution is -2.44. The standard InChI is InChI=1S/C15H11N2O2/c18-14-11-16-17(15(14)19,12-7-3-1-4-8-12)13-9-5-2-6-10-13/h1-11H/q+1. The van der Waals surface area contributed by atoms with Crippen molar-refractivity contribution in [1.82, 2.24) is 4.59 Å². The Balaban J connectivity index is 2.27. The third kappa shape index (κ3) is 1.62. The number of nitrogens with zero attached hydrogens (tertiary/aromatic N) is 2. The Morgan fingerprint density at radius 1 is 0.737 bits per heavy atom. The van der Waals surface area contributed by atoms with Crippen LogP contribution in [0.4, 0.5) is 11.4 Å². The number of Topliss-reactive ketones (excluding diaryl/α,β-unsaturated/α-hetero) is 1. The topological polar surface area (TPSA) is 46.5 Å². The zero-order chi connectivity index (χ0) is 13.3. The number of rotatable bonds is 2. The SMILES string of the molecule is O=C1C=N[N+](c2ccccc2)(c2ccccc2)C1=O. The summed E-state index contributed by atoms with van der Waals surface area (Å²) in [7, 11) is 0. The second-order valence-electron chi connectivity index (χ2n) is 4.22. The Morgan fingerprint density at radius 3 is 1.58 bits per heavy atom. The average molecular weight is 251 g/mol. The predicted octanol–water partition coefficient (Wildman–Crippen LogP) is 2.42. The van der Waals surface area contributed by atoms with Crippen molar-refractivity contribution in [2.45, 2.75) is 0 Å². The Morgan fingerprint density at radius 2 is 1.21 bits per heavy atom. The van der Waals surface area contributed by atoms with Gasteiger partial charge in [-0.3, -0.25) is 4.79 Å². The molecule has 0 unspecified atom stereocenters. The molecule has 92 valence electrons. The maximum absolute atomic E-state index is 12.3. The van der Waals surface area contributed by atoms with E-state index in [-0.39, 0.29) is 0 Å². The van der Waals surface area contributed by atoms with Gasteiger partial charge in [0.25, 0.3) is 0 Å². The minimum atomic E-state index is -0.576. The van der Waals surface area contributed by atoms with Crippen LogP contribution < -0.4 is 4.59 Å². The Labute approximate surface area is 110 Å². The first-order valence-corrected chi connectivity index (χ1v) is 5.90. The maximum atomic E-state index is 12.3. The fraction of sp³-hybridized carbons (Fsp3) is 0. The largest absolute Gasteiger partial charge is 0.424 e. The highest BCUT2D eigenvalue weighted by Crippen LogP contribution is 2.37. The molecule has 0 saturated heterocycles. The molecule has 1 aliphatic heterocycles. The van der Waals surface area contributed by atoms with Crippen molar-refractivity contribution in [2.75, 3.05) is 0 Å². The van der Waals surface area contributed by atoms with Crippen molar-refractivity contribution in [3.8, 4) is 0 Å². The predicted molar refractivity (Wildman–Crippen MR) is 72.8 cm³/mol. The van der Waals surface area contributed by atoms with Gasteiger partial charge in [0.05, 0.1) is 0 Å². The second kappa shape index (κ2) is 4.26. The van der Waals surface area contributed by atoms with E-state index in [1.165, 1.54) is 0 Å². The third-order valence-electron chi connectivity index (χ3n) is 3.11. The number of para-hydroxylation sites is 2. The van der Waals surface area contributed by atoms with E-state index >= 15 is 0 Å². The molecule has 2 aromatic carbocycles. The first-order valence-electron chi connectivity index (χ1n) is 5.90. The molecule has 0 spiro atoms. The lowest BCUT2D eigenvalue weighted by atomic mass is 10.2. The van der Waals surface area contributed by atoms with Gasteiger partial charge >= 0.3 is 11.7 Å². The summed E-state index contributed by atoms with van der Waals surface area (Å²) < 4.78 is -0.416. The van der Waals surface area contributed by atoms with Crippen molar-refractivity contribution in [1.29, 1.82) is 0 Å². The van der Waals surface area contributed by atoms with Crippen molar-refractivity contribution in [2.24, 2.45) is 5.10 Å². The van der Waals surface area contributed by atoms with Gasteiger partial charge in [-0.1, -0.05) is 46.1 Å². The number of carbonyl (C=O) groups excluding carboxylic acids is 2. The highest BCUT2D eigenvalue weighted by molar-refractivity contribution is 6.62. The van der Waals surface area contributed by atoms with Gasteiger partial charge in [0.15, 0.2) is 11.4 Å². The summed E-state index contributed by atoms with van der Waals surface area (Å²) >= 11 is 0. The summed E-state index contributed by atoms with van der Waals surface area (Å²) in [5, 5.41) is 4.18. The highest BCUT2D eigenvalue weighted by Gasteiger charge is 2.50. The molecular weight excluding hydrogens is 240 g/mol. The maximum Gasteiger partial charge on any atom is 0.424 e. The van der Waals surface area contributed by atoms with E-state index in [1.54, 1.807) is 24.3 Å². The molecule has 3 rings (SSSR count). The zero-order valence-corrected chi connectivity index (χ0v) is 10.1. The third-order valence-corrected chi connectivity index (χ3v) is 3.11. The Bertz CT molecular complexity index is 624. The molecule has 0 fully saturated rings. The second-order valence-corrected chi connectivity index (χ2v) is 4.22. The summed E-state index contributed by atoms with van der Waals surface area (Å²) in [5.74, 6) is -1.13. The van der Waals surface area contributed by atoms with Gasteiger partial charge in [0, 0.05) is 24.3 Å². The van der Waals surface area contributed by atoms with E-state index in [4.69, 9.17) is 0 Å². The van der Waals surface area contributed by atoms with Gasteiger partial charge in [-0.15, -0.1) is 0 Å². The van der Waals surface area contributed by atoms with Gasteiger partial charge in [-0.2, -0.15) is 0 Å². The van der Waals surface area contributed by atoms with E-state index in [9.17, 15) is 9.59 Å². The summed E-state index contributed by atoms with van der Waals surface area (Å²) in [6.07, 6.45) is 1.10. The molecule has 0 atom stereocenters. The number of carbonyl (C=O) groups is 2. The zero-order valence-electron chi connectivity index (χ0n) is 10.1. The van der Waals surface area contributed by atoms with Gasteiger partial charge in [0.1, 0.15) is 6.21 Å². The van der Waals surface area contributed by atoms with Crippen LogP contribution in [0.15, 0.2) is 65.8 Å². The van der Waals surface area contributed by atoms with E-state index < -0.39 is 16.3 Å². The minimum absolute atomic E-state index is 0.416. The molecule has 2 aromatic rings. The highest BCUT2D eigenvalue weighted by atomic mass is 16.2. The molecule has 0 N–H and O–H groups in total. The number of ketones is 1. The van der Waals surface area contributed by atoms with E-state index in [2.05, 4.69) is 5.10 Å². The molecule has 19 heavy (non-hydrogen) atoms. The van der Waals surface area contributed by atoms with E-state index in [0.29, 0.717) is 11.4 Å². The van der Waals surface area contributed by atoms with Crippen LogP contribution in [0.5, 0.6) is 0 Å². The Hall–Kier alpha value is -2.59.